The number of aromatic carboxylic acids is 1. The van der Waals surface area contributed by atoms with E-state index in [9.17, 15) is 27.9 Å². The van der Waals surface area contributed by atoms with Crippen molar-refractivity contribution in [1.29, 1.82) is 0 Å². The van der Waals surface area contributed by atoms with E-state index in [1.165, 1.54) is 30.3 Å². The molecule has 268 valence electrons. The summed E-state index contributed by atoms with van der Waals surface area (Å²) < 4.78 is 58.5. The zero-order valence-electron chi connectivity index (χ0n) is 28.7. The standard InChI is InChI=1S/C39H45F3N2O6/c1-48-23-27-19-44(21-35(27)32-17-10-28(39(40,41)42)18-33(32)24-4-6-26(7-5-24)38(46)47)37(45)36-22-43(29-11-15-31(50-3)16-12-29)20-34(36)25-8-13-30(49-2)14-9-25/h4-10,13-14,17-18,27,29,31,34-36H,11-12,15-16,19-23H2,1-3H3,(H,46,47)/t27-,29?,31?,34+,35+,36-/m1/s1. The lowest BCUT2D eigenvalue weighted by molar-refractivity contribution is -0.137. The van der Waals surface area contributed by atoms with Gasteiger partial charge >= 0.3 is 12.1 Å². The summed E-state index contributed by atoms with van der Waals surface area (Å²) in [7, 11) is 4.98. The minimum Gasteiger partial charge on any atom is -0.497 e. The summed E-state index contributed by atoms with van der Waals surface area (Å²) in [6.45, 7) is 2.48. The van der Waals surface area contributed by atoms with Crippen molar-refractivity contribution in [2.75, 3.05) is 54.1 Å². The predicted molar refractivity (Wildman–Crippen MR) is 182 cm³/mol. The molecular weight excluding hydrogens is 649 g/mol. The van der Waals surface area contributed by atoms with E-state index in [0.29, 0.717) is 49.0 Å². The quantitative estimate of drug-likeness (QED) is 0.246. The molecular formula is C39H45F3N2O6. The lowest BCUT2D eigenvalue weighted by Crippen LogP contribution is -2.40. The molecule has 0 unspecified atom stereocenters. The molecule has 3 aliphatic rings. The second kappa shape index (κ2) is 15.1. The van der Waals surface area contributed by atoms with Crippen LogP contribution in [-0.4, -0.2) is 93.0 Å². The minimum atomic E-state index is -4.56. The highest BCUT2D eigenvalue weighted by molar-refractivity contribution is 5.88. The molecule has 6 rings (SSSR count). The van der Waals surface area contributed by atoms with E-state index in [1.807, 2.05) is 29.2 Å². The highest BCUT2D eigenvalue weighted by Gasteiger charge is 2.46. The van der Waals surface area contributed by atoms with Gasteiger partial charge in [0.05, 0.1) is 36.9 Å². The maximum atomic E-state index is 14.7. The van der Waals surface area contributed by atoms with Gasteiger partial charge in [0.25, 0.3) is 0 Å². The van der Waals surface area contributed by atoms with Crippen LogP contribution >= 0.6 is 0 Å². The van der Waals surface area contributed by atoms with Gasteiger partial charge in [-0.3, -0.25) is 9.69 Å². The zero-order chi connectivity index (χ0) is 35.6. The first-order valence-corrected chi connectivity index (χ1v) is 17.2. The van der Waals surface area contributed by atoms with Crippen molar-refractivity contribution in [3.63, 3.8) is 0 Å². The van der Waals surface area contributed by atoms with Crippen LogP contribution in [0, 0.1) is 11.8 Å². The number of carbonyl (C=O) groups is 2. The molecule has 3 fully saturated rings. The number of ether oxygens (including phenoxy) is 3. The third kappa shape index (κ3) is 7.55. The lowest BCUT2D eigenvalue weighted by atomic mass is 9.83. The Kier molecular flexibility index (Phi) is 10.9. The van der Waals surface area contributed by atoms with Gasteiger partial charge in [-0.25, -0.2) is 4.79 Å². The smallest absolute Gasteiger partial charge is 0.416 e. The van der Waals surface area contributed by atoms with Crippen LogP contribution < -0.4 is 4.74 Å². The fraction of sp³-hybridized carbons (Fsp3) is 0.487. The Morgan fingerprint density at radius 2 is 1.54 bits per heavy atom. The summed E-state index contributed by atoms with van der Waals surface area (Å²) in [5, 5.41) is 9.40. The molecule has 1 amide bonds. The normalized spacial score (nSPS) is 25.9. The fourth-order valence-electron chi connectivity index (χ4n) is 8.34. The minimum absolute atomic E-state index is 0.0251. The van der Waals surface area contributed by atoms with E-state index < -0.39 is 17.7 Å². The second-order valence-corrected chi connectivity index (χ2v) is 13.9. The molecule has 11 heteroatoms. The van der Waals surface area contributed by atoms with Gasteiger partial charge < -0.3 is 24.2 Å². The predicted octanol–water partition coefficient (Wildman–Crippen LogP) is 6.94. The Labute approximate surface area is 291 Å². The van der Waals surface area contributed by atoms with E-state index in [-0.39, 0.29) is 41.2 Å². The number of carboxylic acid groups (broad SMARTS) is 1. The molecule has 1 aliphatic carbocycles. The highest BCUT2D eigenvalue weighted by Crippen LogP contribution is 2.44. The van der Waals surface area contributed by atoms with Gasteiger partial charge in [0.15, 0.2) is 0 Å². The van der Waals surface area contributed by atoms with Crippen LogP contribution in [0.5, 0.6) is 5.75 Å². The Morgan fingerprint density at radius 1 is 0.840 bits per heavy atom. The third-order valence-corrected chi connectivity index (χ3v) is 11.1. The number of alkyl halides is 3. The van der Waals surface area contributed by atoms with Gasteiger partial charge in [-0.1, -0.05) is 30.3 Å². The van der Waals surface area contributed by atoms with Crippen LogP contribution in [0.4, 0.5) is 13.2 Å². The van der Waals surface area contributed by atoms with Crippen LogP contribution in [0.2, 0.25) is 0 Å². The average molecular weight is 695 g/mol. The Morgan fingerprint density at radius 3 is 2.14 bits per heavy atom. The maximum Gasteiger partial charge on any atom is 0.416 e. The largest absolute Gasteiger partial charge is 0.497 e. The molecule has 2 saturated heterocycles. The first-order valence-electron chi connectivity index (χ1n) is 17.2. The van der Waals surface area contributed by atoms with Crippen molar-refractivity contribution in [3.8, 4) is 16.9 Å². The summed E-state index contributed by atoms with van der Waals surface area (Å²) in [6.07, 6.45) is -0.283. The van der Waals surface area contributed by atoms with Gasteiger partial charge in [0.2, 0.25) is 5.91 Å². The van der Waals surface area contributed by atoms with Crippen LogP contribution in [0.25, 0.3) is 11.1 Å². The number of carboxylic acids is 1. The zero-order valence-corrected chi connectivity index (χ0v) is 28.7. The van der Waals surface area contributed by atoms with Crippen LogP contribution in [0.1, 0.15) is 64.6 Å². The summed E-state index contributed by atoms with van der Waals surface area (Å²) in [4.78, 5) is 30.5. The number of rotatable bonds is 10. The molecule has 1 saturated carbocycles. The molecule has 0 spiro atoms. The van der Waals surface area contributed by atoms with E-state index in [2.05, 4.69) is 4.90 Å². The number of likely N-dealkylation sites (tertiary alicyclic amines) is 2. The summed E-state index contributed by atoms with van der Waals surface area (Å²) >= 11 is 0. The number of methoxy groups -OCH3 is 3. The molecule has 3 aromatic rings. The van der Waals surface area contributed by atoms with E-state index in [0.717, 1.165) is 55.7 Å². The molecule has 3 aromatic carbocycles. The Bertz CT molecular complexity index is 1640. The molecule has 1 N–H and O–H groups in total. The molecule has 2 heterocycles. The number of carbonyl (C=O) groups excluding carboxylic acids is 1. The number of amides is 1. The van der Waals surface area contributed by atoms with E-state index in [4.69, 9.17) is 14.2 Å². The Balaban J connectivity index is 1.31. The number of halogens is 3. The van der Waals surface area contributed by atoms with Gasteiger partial charge in [0.1, 0.15) is 5.75 Å². The molecule has 4 atom stereocenters. The molecule has 0 aromatic heterocycles. The molecule has 2 aliphatic heterocycles. The number of benzene rings is 3. The number of hydrogen-bond acceptors (Lipinski definition) is 6. The van der Waals surface area contributed by atoms with Crippen LogP contribution in [0.15, 0.2) is 66.7 Å². The molecule has 0 radical (unpaired) electrons. The maximum absolute atomic E-state index is 14.7. The average Bonchev–Trinajstić information content (AvgIpc) is 3.76. The highest BCUT2D eigenvalue weighted by atomic mass is 19.4. The van der Waals surface area contributed by atoms with E-state index in [1.54, 1.807) is 21.3 Å². The van der Waals surface area contributed by atoms with Crippen molar-refractivity contribution in [3.05, 3.63) is 89.0 Å². The van der Waals surface area contributed by atoms with Gasteiger partial charge in [-0.15, -0.1) is 0 Å². The van der Waals surface area contributed by atoms with Crippen LogP contribution in [0.3, 0.4) is 0 Å². The van der Waals surface area contributed by atoms with Crippen molar-refractivity contribution in [1.82, 2.24) is 9.80 Å². The molecule has 8 nitrogen and oxygen atoms in total. The van der Waals surface area contributed by atoms with Gasteiger partial charge in [-0.2, -0.15) is 13.2 Å². The van der Waals surface area contributed by atoms with Crippen molar-refractivity contribution >= 4 is 11.9 Å². The van der Waals surface area contributed by atoms with Crippen molar-refractivity contribution < 1.29 is 42.1 Å². The molecule has 0 bridgehead atoms. The topological polar surface area (TPSA) is 88.5 Å². The second-order valence-electron chi connectivity index (χ2n) is 13.9. The van der Waals surface area contributed by atoms with Crippen LogP contribution in [-0.2, 0) is 20.4 Å². The van der Waals surface area contributed by atoms with Crippen molar-refractivity contribution in [2.24, 2.45) is 11.8 Å². The summed E-state index contributed by atoms with van der Waals surface area (Å²) in [5.41, 5.74) is 1.85. The first-order chi connectivity index (χ1) is 24.0. The van der Waals surface area contributed by atoms with E-state index >= 15 is 0 Å². The number of hydrogen-bond donors (Lipinski definition) is 1. The fourth-order valence-corrected chi connectivity index (χ4v) is 8.34. The summed E-state index contributed by atoms with van der Waals surface area (Å²) in [6, 6.07) is 17.9. The summed E-state index contributed by atoms with van der Waals surface area (Å²) in [5.74, 6) is -1.09. The SMILES string of the molecule is COC[C@H]1CN(C(=O)[C@@H]2CN(C3CCC(OC)CC3)C[C@H]2c2ccc(OC)cc2)C[C@@H]1c1ccc(C(F)(F)F)cc1-c1ccc(C(=O)O)cc1. The van der Waals surface area contributed by atoms with Crippen molar-refractivity contribution in [2.45, 2.75) is 55.8 Å². The lowest BCUT2D eigenvalue weighted by Gasteiger charge is -2.34. The Hall–Kier alpha value is -3.93. The molecule has 50 heavy (non-hydrogen) atoms. The number of nitrogens with zero attached hydrogens (tertiary/aromatic N) is 2. The first kappa shape index (κ1) is 35.9. The monoisotopic (exact) mass is 694 g/mol. The van der Waals surface area contributed by atoms with Gasteiger partial charge in [0, 0.05) is 64.2 Å². The third-order valence-electron chi connectivity index (χ3n) is 11.1. The van der Waals surface area contributed by atoms with Gasteiger partial charge in [-0.05, 0) is 84.3 Å².